The van der Waals surface area contributed by atoms with Gasteiger partial charge in [0.25, 0.3) is 0 Å². The third-order valence-corrected chi connectivity index (χ3v) is 2.05. The Morgan fingerprint density at radius 1 is 1.46 bits per heavy atom. The Bertz CT molecular complexity index is 166. The van der Waals surface area contributed by atoms with E-state index in [2.05, 4.69) is 0 Å². The van der Waals surface area contributed by atoms with E-state index in [0.29, 0.717) is 11.8 Å². The Morgan fingerprint density at radius 3 is 2.23 bits per heavy atom. The van der Waals surface area contributed by atoms with Crippen molar-refractivity contribution >= 4 is 30.1 Å². The van der Waals surface area contributed by atoms with Gasteiger partial charge in [0, 0.05) is 5.75 Å². The lowest BCUT2D eigenvalue weighted by atomic mass is 10.3. The summed E-state index contributed by atoms with van der Waals surface area (Å²) < 4.78 is 34.6. The monoisotopic (exact) mass is 238 g/mol. The van der Waals surface area contributed by atoms with Crippen molar-refractivity contribution in [3.63, 3.8) is 0 Å². The highest BCUT2D eigenvalue weighted by Crippen LogP contribution is 2.20. The van der Waals surface area contributed by atoms with Crippen molar-refractivity contribution in [2.45, 2.75) is 12.2 Å². The highest BCUT2D eigenvalue weighted by atomic mass is 35.5. The molecule has 3 nitrogen and oxygen atoms in total. The Morgan fingerprint density at radius 2 is 1.92 bits per heavy atom. The van der Waals surface area contributed by atoms with Crippen molar-refractivity contribution in [3.8, 4) is 0 Å². The molecule has 4 N–H and O–H groups in total. The van der Waals surface area contributed by atoms with Gasteiger partial charge in [0.1, 0.15) is 0 Å². The minimum absolute atomic E-state index is 0. The number of carbonyl (C=O) groups is 1. The van der Waals surface area contributed by atoms with Crippen molar-refractivity contribution in [2.24, 2.45) is 11.5 Å². The average Bonchev–Trinajstić information content (AvgIpc) is 1.84. The molecule has 0 saturated carbocycles. The van der Waals surface area contributed by atoms with Crippen LogP contribution in [0.4, 0.5) is 13.2 Å². The topological polar surface area (TPSA) is 69.1 Å². The molecule has 0 aromatic heterocycles. The van der Waals surface area contributed by atoms with Crippen LogP contribution < -0.4 is 11.5 Å². The van der Waals surface area contributed by atoms with Crippen LogP contribution in [0.2, 0.25) is 0 Å². The summed E-state index contributed by atoms with van der Waals surface area (Å²) in [5.74, 6) is -1.90. The first-order valence-electron chi connectivity index (χ1n) is 3.02. The summed E-state index contributed by atoms with van der Waals surface area (Å²) in [4.78, 5) is 10.3. The van der Waals surface area contributed by atoms with Gasteiger partial charge in [-0.05, 0) is 0 Å². The minimum atomic E-state index is -4.22. The SMILES string of the molecule is Cl.NC(=O)[C@@H](N)CSCC(F)(F)F. The van der Waals surface area contributed by atoms with Crippen LogP contribution in [-0.2, 0) is 4.79 Å². The first-order valence-corrected chi connectivity index (χ1v) is 4.18. The third kappa shape index (κ3) is 9.78. The van der Waals surface area contributed by atoms with Crippen molar-refractivity contribution in [1.82, 2.24) is 0 Å². The predicted molar refractivity (Wildman–Crippen MR) is 47.8 cm³/mol. The molecule has 0 heterocycles. The molecule has 0 bridgehead atoms. The van der Waals surface area contributed by atoms with Crippen LogP contribution in [0.15, 0.2) is 0 Å². The largest absolute Gasteiger partial charge is 0.397 e. The zero-order valence-electron chi connectivity index (χ0n) is 6.50. The molecule has 0 aliphatic heterocycles. The van der Waals surface area contributed by atoms with Crippen LogP contribution in [0.25, 0.3) is 0 Å². The smallest absolute Gasteiger partial charge is 0.368 e. The molecule has 0 aromatic rings. The summed E-state index contributed by atoms with van der Waals surface area (Å²) in [7, 11) is 0. The third-order valence-electron chi connectivity index (χ3n) is 0.929. The number of nitrogens with two attached hydrogens (primary N) is 2. The zero-order chi connectivity index (χ0) is 9.78. The number of primary amides is 1. The van der Waals surface area contributed by atoms with E-state index in [1.54, 1.807) is 0 Å². The number of amides is 1. The van der Waals surface area contributed by atoms with Gasteiger partial charge in [-0.15, -0.1) is 12.4 Å². The number of thioether (sulfide) groups is 1. The van der Waals surface area contributed by atoms with Crippen molar-refractivity contribution in [1.29, 1.82) is 0 Å². The van der Waals surface area contributed by atoms with Crippen LogP contribution in [0.1, 0.15) is 0 Å². The lowest BCUT2D eigenvalue weighted by Crippen LogP contribution is -2.38. The van der Waals surface area contributed by atoms with Crippen LogP contribution >= 0.6 is 24.2 Å². The summed E-state index contributed by atoms with van der Waals surface area (Å²) in [5.41, 5.74) is 9.81. The fourth-order valence-electron chi connectivity index (χ4n) is 0.384. The molecule has 0 saturated heterocycles. The molecule has 0 spiro atoms. The van der Waals surface area contributed by atoms with Crippen LogP contribution in [0, 0.1) is 0 Å². The number of hydrogen-bond donors (Lipinski definition) is 2. The van der Waals surface area contributed by atoms with Gasteiger partial charge in [0.2, 0.25) is 5.91 Å². The Labute approximate surface area is 83.8 Å². The molecule has 0 aliphatic rings. The molecular weight excluding hydrogens is 229 g/mol. The molecule has 1 amide bonds. The number of alkyl halides is 3. The van der Waals surface area contributed by atoms with Gasteiger partial charge >= 0.3 is 6.18 Å². The summed E-state index contributed by atoms with van der Waals surface area (Å²) in [6, 6.07) is -1.00. The molecule has 0 rings (SSSR count). The zero-order valence-corrected chi connectivity index (χ0v) is 8.14. The summed E-state index contributed by atoms with van der Waals surface area (Å²) in [6.45, 7) is 0. The molecule has 1 atom stereocenters. The van der Waals surface area contributed by atoms with E-state index in [0.717, 1.165) is 0 Å². The second-order valence-corrected chi connectivity index (χ2v) is 3.17. The molecule has 0 radical (unpaired) electrons. The van der Waals surface area contributed by atoms with Gasteiger partial charge in [-0.2, -0.15) is 24.9 Å². The maximum absolute atomic E-state index is 11.5. The standard InChI is InChI=1S/C5H9F3N2OS.ClH/c6-5(7,8)2-12-1-3(9)4(10)11;/h3H,1-2,9H2,(H2,10,11);1H/t3-;/m0./s1. The minimum Gasteiger partial charge on any atom is -0.368 e. The first-order chi connectivity index (χ1) is 5.33. The summed E-state index contributed by atoms with van der Waals surface area (Å²) in [6.07, 6.45) is -4.22. The fourth-order valence-corrected chi connectivity index (χ4v) is 1.15. The fraction of sp³-hybridized carbons (Fsp3) is 0.800. The van der Waals surface area contributed by atoms with Crippen LogP contribution in [0.5, 0.6) is 0 Å². The highest BCUT2D eigenvalue weighted by molar-refractivity contribution is 7.99. The van der Waals surface area contributed by atoms with E-state index in [4.69, 9.17) is 11.5 Å². The van der Waals surface area contributed by atoms with Crippen LogP contribution in [0.3, 0.4) is 0 Å². The second kappa shape index (κ2) is 6.33. The maximum Gasteiger partial charge on any atom is 0.397 e. The van der Waals surface area contributed by atoms with E-state index in [-0.39, 0.29) is 18.2 Å². The molecule has 0 aromatic carbocycles. The predicted octanol–water partition coefficient (Wildman–Crippen LogP) is 0.516. The normalized spacial score (nSPS) is 13.2. The average molecular weight is 239 g/mol. The molecule has 0 fully saturated rings. The lowest BCUT2D eigenvalue weighted by Gasteiger charge is -2.08. The number of halogens is 4. The van der Waals surface area contributed by atoms with Crippen molar-refractivity contribution < 1.29 is 18.0 Å². The number of carbonyl (C=O) groups excluding carboxylic acids is 1. The van der Waals surface area contributed by atoms with E-state index < -0.39 is 23.9 Å². The highest BCUT2D eigenvalue weighted by Gasteiger charge is 2.27. The van der Waals surface area contributed by atoms with Gasteiger partial charge in [-0.3, -0.25) is 4.79 Å². The van der Waals surface area contributed by atoms with Crippen LogP contribution in [-0.4, -0.2) is 29.6 Å². The second-order valence-electron chi connectivity index (χ2n) is 2.14. The Kier molecular flexibility index (Phi) is 7.47. The summed E-state index contributed by atoms with van der Waals surface area (Å²) >= 11 is 0.546. The van der Waals surface area contributed by atoms with Gasteiger partial charge in [-0.25, -0.2) is 0 Å². The molecular formula is C5H10ClF3N2OS. The molecule has 0 unspecified atom stereocenters. The molecule has 80 valence electrons. The molecule has 13 heavy (non-hydrogen) atoms. The lowest BCUT2D eigenvalue weighted by molar-refractivity contribution is -0.118. The van der Waals surface area contributed by atoms with Gasteiger partial charge in [-0.1, -0.05) is 0 Å². The van der Waals surface area contributed by atoms with E-state index in [1.807, 2.05) is 0 Å². The van der Waals surface area contributed by atoms with E-state index in [1.165, 1.54) is 0 Å². The quantitative estimate of drug-likeness (QED) is 0.750. The van der Waals surface area contributed by atoms with Crippen molar-refractivity contribution in [3.05, 3.63) is 0 Å². The van der Waals surface area contributed by atoms with E-state index in [9.17, 15) is 18.0 Å². The number of rotatable bonds is 4. The van der Waals surface area contributed by atoms with Crippen molar-refractivity contribution in [2.75, 3.05) is 11.5 Å². The molecule has 8 heteroatoms. The van der Waals surface area contributed by atoms with Gasteiger partial charge in [0.05, 0.1) is 11.8 Å². The number of hydrogen-bond acceptors (Lipinski definition) is 3. The van der Waals surface area contributed by atoms with Gasteiger partial charge in [0.15, 0.2) is 0 Å². The Hall–Kier alpha value is -0.140. The summed E-state index contributed by atoms with van der Waals surface area (Å²) in [5, 5.41) is 0. The Balaban J connectivity index is 0. The molecule has 0 aliphatic carbocycles. The maximum atomic E-state index is 11.5. The van der Waals surface area contributed by atoms with Gasteiger partial charge < -0.3 is 11.5 Å². The van der Waals surface area contributed by atoms with E-state index >= 15 is 0 Å². The first kappa shape index (κ1) is 15.3.